The van der Waals surface area contributed by atoms with Gasteiger partial charge in [0.2, 0.25) is 0 Å². The zero-order valence-electron chi connectivity index (χ0n) is 16.7. The number of hydrogen-bond acceptors (Lipinski definition) is 5. The van der Waals surface area contributed by atoms with Gasteiger partial charge in [-0.15, -0.1) is 11.3 Å². The molecule has 28 heavy (non-hydrogen) atoms. The molecular weight excluding hydrogens is 380 g/mol. The van der Waals surface area contributed by atoms with Gasteiger partial charge in [-0.3, -0.25) is 10.1 Å². The van der Waals surface area contributed by atoms with Gasteiger partial charge in [-0.1, -0.05) is 17.7 Å². The second-order valence-electron chi connectivity index (χ2n) is 7.46. The Labute approximate surface area is 167 Å². The summed E-state index contributed by atoms with van der Waals surface area (Å²) >= 11 is 0.900. The average Bonchev–Trinajstić information content (AvgIpc) is 2.84. The van der Waals surface area contributed by atoms with Crippen molar-refractivity contribution in [2.75, 3.05) is 10.6 Å². The van der Waals surface area contributed by atoms with Crippen LogP contribution in [0.2, 0.25) is 0 Å². The summed E-state index contributed by atoms with van der Waals surface area (Å²) in [6, 6.07) is 5.61. The molecule has 2 amide bonds. The third-order valence-corrected chi connectivity index (χ3v) is 5.02. The topological polar surface area (TPSA) is 105 Å². The maximum Gasteiger partial charge on any atom is 0.412 e. The smallest absolute Gasteiger partial charge is 0.412 e. The summed E-state index contributed by atoms with van der Waals surface area (Å²) in [7, 11) is 0. The summed E-state index contributed by atoms with van der Waals surface area (Å²) in [5, 5.41) is 14.8. The predicted octanol–water partition coefficient (Wildman–Crippen LogP) is 4.97. The lowest BCUT2D eigenvalue weighted by atomic mass is 10.1. The van der Waals surface area contributed by atoms with Gasteiger partial charge in [-0.05, 0) is 58.7 Å². The molecule has 2 rings (SSSR count). The molecule has 1 heterocycles. The molecule has 150 valence electrons. The van der Waals surface area contributed by atoms with Crippen LogP contribution in [0.15, 0.2) is 18.2 Å². The minimum Gasteiger partial charge on any atom is -0.478 e. The zero-order chi connectivity index (χ0) is 21.2. The predicted molar refractivity (Wildman–Crippen MR) is 110 cm³/mol. The Bertz CT molecular complexity index is 941. The molecule has 0 bridgehead atoms. The minimum atomic E-state index is -1.23. The Morgan fingerprint density at radius 3 is 2.25 bits per heavy atom. The van der Waals surface area contributed by atoms with Gasteiger partial charge in [0, 0.05) is 5.69 Å². The average molecular weight is 404 g/mol. The van der Waals surface area contributed by atoms with Crippen LogP contribution in [-0.2, 0) is 4.74 Å². The fraction of sp³-hybridized carbons (Fsp3) is 0.350. The van der Waals surface area contributed by atoms with Crippen LogP contribution >= 0.6 is 11.3 Å². The number of carboxylic acid groups (broad SMARTS) is 1. The van der Waals surface area contributed by atoms with Crippen molar-refractivity contribution in [1.82, 2.24) is 0 Å². The van der Waals surface area contributed by atoms with Gasteiger partial charge in [-0.2, -0.15) is 0 Å². The summed E-state index contributed by atoms with van der Waals surface area (Å²) in [5.74, 6) is -1.67. The monoisotopic (exact) mass is 404 g/mol. The van der Waals surface area contributed by atoms with E-state index in [1.165, 1.54) is 6.92 Å². The van der Waals surface area contributed by atoms with Crippen LogP contribution in [0.4, 0.5) is 15.5 Å². The first-order valence-electron chi connectivity index (χ1n) is 8.64. The number of hydrogen-bond donors (Lipinski definition) is 3. The van der Waals surface area contributed by atoms with Gasteiger partial charge in [0.1, 0.15) is 10.6 Å². The number of nitrogens with one attached hydrogen (secondary N) is 2. The molecule has 0 spiro atoms. The number of thiophene rings is 1. The quantitative estimate of drug-likeness (QED) is 0.667. The van der Waals surface area contributed by atoms with Crippen LogP contribution in [0, 0.1) is 20.8 Å². The number of carbonyl (C=O) groups excluding carboxylic acids is 2. The molecule has 2 aromatic rings. The fourth-order valence-corrected chi connectivity index (χ4v) is 3.68. The molecule has 0 aliphatic carbocycles. The molecule has 1 aromatic heterocycles. The van der Waals surface area contributed by atoms with Crippen LogP contribution in [-0.4, -0.2) is 28.7 Å². The van der Waals surface area contributed by atoms with E-state index in [1.54, 1.807) is 26.8 Å². The van der Waals surface area contributed by atoms with E-state index < -0.39 is 23.6 Å². The van der Waals surface area contributed by atoms with Gasteiger partial charge in [0.05, 0.1) is 10.4 Å². The zero-order valence-corrected chi connectivity index (χ0v) is 17.5. The molecule has 0 aliphatic rings. The Hall–Kier alpha value is -2.87. The highest BCUT2D eigenvalue weighted by Gasteiger charge is 2.27. The number of benzene rings is 1. The van der Waals surface area contributed by atoms with Crippen LogP contribution in [0.3, 0.4) is 0 Å². The number of carboxylic acids is 1. The van der Waals surface area contributed by atoms with Gasteiger partial charge in [0.25, 0.3) is 5.91 Å². The molecule has 7 nitrogen and oxygen atoms in total. The second kappa shape index (κ2) is 8.02. The number of amides is 2. The highest BCUT2D eigenvalue weighted by atomic mass is 32.1. The van der Waals surface area contributed by atoms with Crippen molar-refractivity contribution in [2.24, 2.45) is 0 Å². The molecule has 0 radical (unpaired) electrons. The molecular formula is C20H24N2O5S. The van der Waals surface area contributed by atoms with Gasteiger partial charge in [0.15, 0.2) is 0 Å². The van der Waals surface area contributed by atoms with E-state index in [1.807, 2.05) is 26.0 Å². The number of aromatic carboxylic acids is 1. The number of rotatable bonds is 4. The summed E-state index contributed by atoms with van der Waals surface area (Å²) in [4.78, 5) is 36.7. The van der Waals surface area contributed by atoms with Crippen molar-refractivity contribution in [2.45, 2.75) is 47.1 Å². The molecule has 0 unspecified atom stereocenters. The van der Waals surface area contributed by atoms with Crippen molar-refractivity contribution in [1.29, 1.82) is 0 Å². The van der Waals surface area contributed by atoms with E-state index in [4.69, 9.17) is 4.74 Å². The van der Waals surface area contributed by atoms with Crippen LogP contribution in [0.25, 0.3) is 0 Å². The Morgan fingerprint density at radius 2 is 1.71 bits per heavy atom. The summed E-state index contributed by atoms with van der Waals surface area (Å²) in [6.07, 6.45) is -0.780. The van der Waals surface area contributed by atoms with Gasteiger partial charge < -0.3 is 15.2 Å². The van der Waals surface area contributed by atoms with E-state index in [9.17, 15) is 19.5 Å². The van der Waals surface area contributed by atoms with Crippen LogP contribution < -0.4 is 10.6 Å². The SMILES string of the molecule is Cc1ccc(NC(=O)c2sc(NC(=O)OC(C)(C)C)c(C(=O)O)c2C)c(C)c1. The van der Waals surface area contributed by atoms with E-state index in [0.717, 1.165) is 22.5 Å². The Morgan fingerprint density at radius 1 is 1.07 bits per heavy atom. The van der Waals surface area contributed by atoms with E-state index in [2.05, 4.69) is 10.6 Å². The van der Waals surface area contributed by atoms with Crippen LogP contribution in [0.5, 0.6) is 0 Å². The largest absolute Gasteiger partial charge is 0.478 e. The van der Waals surface area contributed by atoms with Gasteiger partial charge in [-0.25, -0.2) is 9.59 Å². The van der Waals surface area contributed by atoms with E-state index in [-0.39, 0.29) is 21.0 Å². The lowest BCUT2D eigenvalue weighted by molar-refractivity contribution is 0.0636. The first-order chi connectivity index (χ1) is 12.9. The lowest BCUT2D eigenvalue weighted by Gasteiger charge is -2.19. The first-order valence-corrected chi connectivity index (χ1v) is 9.46. The fourth-order valence-electron chi connectivity index (χ4n) is 2.60. The summed E-state index contributed by atoms with van der Waals surface area (Å²) < 4.78 is 5.17. The third-order valence-electron chi connectivity index (χ3n) is 3.81. The van der Waals surface area contributed by atoms with Crippen molar-refractivity contribution in [3.63, 3.8) is 0 Å². The molecule has 3 N–H and O–H groups in total. The van der Waals surface area contributed by atoms with Crippen molar-refractivity contribution < 1.29 is 24.2 Å². The van der Waals surface area contributed by atoms with Crippen molar-refractivity contribution in [3.05, 3.63) is 45.3 Å². The first kappa shape index (κ1) is 21.4. The second-order valence-corrected chi connectivity index (χ2v) is 8.49. The van der Waals surface area contributed by atoms with E-state index >= 15 is 0 Å². The number of ether oxygens (including phenoxy) is 1. The maximum atomic E-state index is 12.7. The van der Waals surface area contributed by atoms with Crippen LogP contribution in [0.1, 0.15) is 57.5 Å². The molecule has 0 fully saturated rings. The summed E-state index contributed by atoms with van der Waals surface area (Å²) in [6.45, 7) is 10.5. The Balaban J connectivity index is 2.33. The normalized spacial score (nSPS) is 11.1. The molecule has 1 aromatic carbocycles. The minimum absolute atomic E-state index is 0.0602. The maximum absolute atomic E-state index is 12.7. The molecule has 0 saturated heterocycles. The number of anilines is 2. The highest BCUT2D eigenvalue weighted by Crippen LogP contribution is 2.34. The molecule has 0 aliphatic heterocycles. The number of aryl methyl sites for hydroxylation is 2. The number of carbonyl (C=O) groups is 3. The van der Waals surface area contributed by atoms with Gasteiger partial charge >= 0.3 is 12.1 Å². The van der Waals surface area contributed by atoms with E-state index in [0.29, 0.717) is 5.69 Å². The van der Waals surface area contributed by atoms with Crippen molar-refractivity contribution >= 4 is 40.0 Å². The molecule has 8 heteroatoms. The Kier molecular flexibility index (Phi) is 6.14. The van der Waals surface area contributed by atoms with Crippen molar-refractivity contribution in [3.8, 4) is 0 Å². The standard InChI is InChI=1S/C20H24N2O5S/c1-10-7-8-13(11(2)9-10)21-16(23)15-12(3)14(18(24)25)17(28-15)22-19(26)27-20(4,5)6/h7-9H,1-6H3,(H,21,23)(H,22,26)(H,24,25). The third kappa shape index (κ3) is 5.10. The molecule has 0 saturated carbocycles. The molecule has 0 atom stereocenters. The summed E-state index contributed by atoms with van der Waals surface area (Å²) in [5.41, 5.74) is 2.03. The lowest BCUT2D eigenvalue weighted by Crippen LogP contribution is -2.27. The highest BCUT2D eigenvalue weighted by molar-refractivity contribution is 7.18.